The maximum atomic E-state index is 8.71. The van der Waals surface area contributed by atoms with Gasteiger partial charge in [0.1, 0.15) is 17.5 Å². The van der Waals surface area contributed by atoms with E-state index in [0.29, 0.717) is 12.1 Å². The zero-order chi connectivity index (χ0) is 13.9. The molecule has 0 bridgehead atoms. The van der Waals surface area contributed by atoms with E-state index in [9.17, 15) is 0 Å². The van der Waals surface area contributed by atoms with E-state index in [1.54, 1.807) is 18.3 Å². The molecule has 6 heteroatoms. The van der Waals surface area contributed by atoms with E-state index in [1.165, 1.54) is 0 Å². The fourth-order valence-electron chi connectivity index (χ4n) is 1.85. The lowest BCUT2D eigenvalue weighted by Gasteiger charge is -2.02. The number of halogens is 1. The van der Waals surface area contributed by atoms with E-state index in [4.69, 9.17) is 5.26 Å². The van der Waals surface area contributed by atoms with Gasteiger partial charge in [0.05, 0.1) is 17.8 Å². The van der Waals surface area contributed by atoms with Gasteiger partial charge in [0.15, 0.2) is 0 Å². The monoisotopic (exact) mass is 327 g/mol. The number of nitrogens with one attached hydrogen (secondary N) is 1. The highest BCUT2D eigenvalue weighted by Crippen LogP contribution is 2.13. The third-order valence-electron chi connectivity index (χ3n) is 2.81. The maximum absolute atomic E-state index is 8.71. The summed E-state index contributed by atoms with van der Waals surface area (Å²) in [5, 5.41) is 11.9. The van der Waals surface area contributed by atoms with Crippen LogP contribution in [0.4, 0.5) is 5.82 Å². The van der Waals surface area contributed by atoms with Crippen LogP contribution in [0.5, 0.6) is 0 Å². The second-order valence-corrected chi connectivity index (χ2v) is 5.16. The van der Waals surface area contributed by atoms with Gasteiger partial charge in [0.25, 0.3) is 0 Å². The summed E-state index contributed by atoms with van der Waals surface area (Å²) in [6, 6.07) is 9.47. The van der Waals surface area contributed by atoms with Crippen molar-refractivity contribution < 1.29 is 0 Å². The fourth-order valence-corrected chi connectivity index (χ4v) is 2.20. The molecule has 3 aromatic rings. The Balaban J connectivity index is 1.74. The first kappa shape index (κ1) is 12.6. The van der Waals surface area contributed by atoms with Crippen LogP contribution >= 0.6 is 15.9 Å². The van der Waals surface area contributed by atoms with Gasteiger partial charge in [-0.15, -0.1) is 0 Å². The zero-order valence-electron chi connectivity index (χ0n) is 10.4. The standard InChI is InChI=1S/C14H10BrN5/c15-11-2-4-14-19-12(9-20(14)8-11)7-18-13-3-1-10(5-16)6-17-13/h1-4,6,8-9H,7H2,(H,17,18). The molecule has 0 saturated heterocycles. The molecule has 20 heavy (non-hydrogen) atoms. The second-order valence-electron chi connectivity index (χ2n) is 4.24. The Bertz CT molecular complexity index is 785. The average molecular weight is 328 g/mol. The highest BCUT2D eigenvalue weighted by molar-refractivity contribution is 9.10. The molecule has 1 N–H and O–H groups in total. The number of imidazole rings is 1. The van der Waals surface area contributed by atoms with Crippen LogP contribution in [0.3, 0.4) is 0 Å². The van der Waals surface area contributed by atoms with Gasteiger partial charge >= 0.3 is 0 Å². The number of pyridine rings is 2. The lowest BCUT2D eigenvalue weighted by atomic mass is 10.3. The minimum absolute atomic E-state index is 0.549. The summed E-state index contributed by atoms with van der Waals surface area (Å²) in [5.41, 5.74) is 2.38. The van der Waals surface area contributed by atoms with Crippen LogP contribution in [0.2, 0.25) is 0 Å². The Morgan fingerprint density at radius 1 is 1.25 bits per heavy atom. The lowest BCUT2D eigenvalue weighted by molar-refractivity contribution is 1.06. The van der Waals surface area contributed by atoms with Crippen molar-refractivity contribution >= 4 is 27.4 Å². The molecule has 0 aliphatic rings. The Hall–Kier alpha value is -2.39. The van der Waals surface area contributed by atoms with Crippen molar-refractivity contribution in [3.05, 3.63) is 58.6 Å². The van der Waals surface area contributed by atoms with Gasteiger partial charge in [-0.05, 0) is 40.2 Å². The predicted molar refractivity (Wildman–Crippen MR) is 79.2 cm³/mol. The summed E-state index contributed by atoms with van der Waals surface area (Å²) in [4.78, 5) is 8.66. The molecule has 0 aliphatic carbocycles. The van der Waals surface area contributed by atoms with Crippen molar-refractivity contribution in [1.82, 2.24) is 14.4 Å². The van der Waals surface area contributed by atoms with E-state index in [0.717, 1.165) is 21.6 Å². The van der Waals surface area contributed by atoms with E-state index in [-0.39, 0.29) is 0 Å². The molecule has 0 radical (unpaired) electrons. The second kappa shape index (κ2) is 5.31. The fraction of sp³-hybridized carbons (Fsp3) is 0.0714. The first-order valence-electron chi connectivity index (χ1n) is 5.98. The van der Waals surface area contributed by atoms with Crippen LogP contribution in [0.1, 0.15) is 11.3 Å². The van der Waals surface area contributed by atoms with Crippen LogP contribution in [-0.4, -0.2) is 14.4 Å². The molecule has 0 spiro atoms. The highest BCUT2D eigenvalue weighted by Gasteiger charge is 2.02. The summed E-state index contributed by atoms with van der Waals surface area (Å²) >= 11 is 3.43. The molecular weight excluding hydrogens is 318 g/mol. The molecule has 0 aromatic carbocycles. The van der Waals surface area contributed by atoms with Crippen LogP contribution < -0.4 is 5.32 Å². The van der Waals surface area contributed by atoms with Gasteiger partial charge in [-0.2, -0.15) is 5.26 Å². The van der Waals surface area contributed by atoms with Gasteiger partial charge in [-0.1, -0.05) is 0 Å². The summed E-state index contributed by atoms with van der Waals surface area (Å²) in [6.07, 6.45) is 5.48. The largest absolute Gasteiger partial charge is 0.364 e. The zero-order valence-corrected chi connectivity index (χ0v) is 12.0. The molecule has 0 amide bonds. The topological polar surface area (TPSA) is 66.0 Å². The lowest BCUT2D eigenvalue weighted by Crippen LogP contribution is -2.01. The Labute approximate surface area is 124 Å². The van der Waals surface area contributed by atoms with E-state index in [1.807, 2.05) is 35.0 Å². The van der Waals surface area contributed by atoms with E-state index >= 15 is 0 Å². The number of aromatic nitrogens is 3. The van der Waals surface area contributed by atoms with Crippen molar-refractivity contribution in [3.8, 4) is 6.07 Å². The number of nitrogens with zero attached hydrogens (tertiary/aromatic N) is 4. The third kappa shape index (κ3) is 2.63. The number of hydrogen-bond acceptors (Lipinski definition) is 4. The molecule has 3 heterocycles. The Kier molecular flexibility index (Phi) is 3.35. The van der Waals surface area contributed by atoms with Crippen molar-refractivity contribution in [2.24, 2.45) is 0 Å². The van der Waals surface area contributed by atoms with Crippen molar-refractivity contribution in [2.75, 3.05) is 5.32 Å². The van der Waals surface area contributed by atoms with Gasteiger partial charge in [0, 0.05) is 23.1 Å². The van der Waals surface area contributed by atoms with Gasteiger partial charge < -0.3 is 9.72 Å². The number of rotatable bonds is 3. The molecule has 0 aliphatic heterocycles. The van der Waals surface area contributed by atoms with Crippen LogP contribution in [0.15, 0.2) is 47.3 Å². The molecular formula is C14H10BrN5. The van der Waals surface area contributed by atoms with Crippen molar-refractivity contribution in [3.63, 3.8) is 0 Å². The Morgan fingerprint density at radius 3 is 2.90 bits per heavy atom. The minimum atomic E-state index is 0.549. The molecule has 5 nitrogen and oxygen atoms in total. The molecule has 0 saturated carbocycles. The molecule has 98 valence electrons. The van der Waals surface area contributed by atoms with Gasteiger partial charge in [-0.25, -0.2) is 9.97 Å². The molecule has 3 aromatic heterocycles. The summed E-state index contributed by atoms with van der Waals surface area (Å²) in [5.74, 6) is 0.724. The maximum Gasteiger partial charge on any atom is 0.137 e. The molecule has 0 atom stereocenters. The normalized spacial score (nSPS) is 10.4. The molecule has 3 rings (SSSR count). The van der Waals surface area contributed by atoms with Crippen LogP contribution in [-0.2, 0) is 6.54 Å². The molecule has 0 unspecified atom stereocenters. The summed E-state index contributed by atoms with van der Waals surface area (Å²) < 4.78 is 2.98. The quantitative estimate of drug-likeness (QED) is 0.803. The van der Waals surface area contributed by atoms with E-state index < -0.39 is 0 Å². The number of hydrogen-bond donors (Lipinski definition) is 1. The predicted octanol–water partition coefficient (Wildman–Crippen LogP) is 2.98. The molecule has 0 fully saturated rings. The SMILES string of the molecule is N#Cc1ccc(NCc2cn3cc(Br)ccc3n2)nc1. The summed E-state index contributed by atoms with van der Waals surface area (Å²) in [6.45, 7) is 0.582. The average Bonchev–Trinajstić information content (AvgIpc) is 2.87. The van der Waals surface area contributed by atoms with E-state index in [2.05, 4.69) is 31.2 Å². The number of nitriles is 1. The highest BCUT2D eigenvalue weighted by atomic mass is 79.9. The van der Waals surface area contributed by atoms with Crippen LogP contribution in [0.25, 0.3) is 5.65 Å². The van der Waals surface area contributed by atoms with Gasteiger partial charge in [-0.3, -0.25) is 0 Å². The van der Waals surface area contributed by atoms with Crippen molar-refractivity contribution in [2.45, 2.75) is 6.54 Å². The third-order valence-corrected chi connectivity index (χ3v) is 3.28. The van der Waals surface area contributed by atoms with Crippen molar-refractivity contribution in [1.29, 1.82) is 5.26 Å². The smallest absolute Gasteiger partial charge is 0.137 e. The van der Waals surface area contributed by atoms with Crippen LogP contribution in [0, 0.1) is 11.3 Å². The first-order valence-corrected chi connectivity index (χ1v) is 6.77. The minimum Gasteiger partial charge on any atom is -0.364 e. The van der Waals surface area contributed by atoms with Gasteiger partial charge in [0.2, 0.25) is 0 Å². The first-order chi connectivity index (χ1) is 9.74. The summed E-state index contributed by atoms with van der Waals surface area (Å²) in [7, 11) is 0. The Morgan fingerprint density at radius 2 is 2.15 bits per heavy atom. The number of anilines is 1. The number of fused-ring (bicyclic) bond motifs is 1.